The normalized spacial score (nSPS) is 48.1. The highest BCUT2D eigenvalue weighted by Crippen LogP contribution is 2.68. The first-order chi connectivity index (χ1) is 14.1. The fourth-order valence-corrected chi connectivity index (χ4v) is 9.03. The topological polar surface area (TPSA) is 37.3 Å². The van der Waals surface area contributed by atoms with Crippen LogP contribution in [0.1, 0.15) is 106 Å². The van der Waals surface area contributed by atoms with Crippen molar-refractivity contribution in [2.45, 2.75) is 112 Å². The maximum Gasteiger partial charge on any atom is 0.133 e. The van der Waals surface area contributed by atoms with E-state index in [2.05, 4.69) is 41.5 Å². The highest BCUT2D eigenvalue weighted by atomic mass is 16.3. The predicted molar refractivity (Wildman–Crippen MR) is 124 cm³/mol. The van der Waals surface area contributed by atoms with E-state index in [4.69, 9.17) is 0 Å². The smallest absolute Gasteiger partial charge is 0.133 e. The summed E-state index contributed by atoms with van der Waals surface area (Å²) in [5.41, 5.74) is 0.394. The summed E-state index contributed by atoms with van der Waals surface area (Å²) in [6, 6.07) is 0. The minimum atomic E-state index is -0.158. The van der Waals surface area contributed by atoms with Gasteiger partial charge in [-0.15, -0.1) is 0 Å². The van der Waals surface area contributed by atoms with Gasteiger partial charge in [-0.3, -0.25) is 4.79 Å². The molecule has 4 aliphatic rings. The summed E-state index contributed by atoms with van der Waals surface area (Å²) in [5, 5.41) is 11.7. The molecule has 10 atom stereocenters. The van der Waals surface area contributed by atoms with Gasteiger partial charge in [0.1, 0.15) is 5.78 Å². The zero-order valence-electron chi connectivity index (χ0n) is 20.6. The Hall–Kier alpha value is -0.370. The average Bonchev–Trinajstić information content (AvgIpc) is 3.06. The summed E-state index contributed by atoms with van der Waals surface area (Å²) < 4.78 is 0. The van der Waals surface area contributed by atoms with Crippen LogP contribution in [0.5, 0.6) is 0 Å². The number of hydrogen-bond acceptors (Lipinski definition) is 2. The summed E-state index contributed by atoms with van der Waals surface area (Å²) >= 11 is 0. The summed E-state index contributed by atoms with van der Waals surface area (Å²) in [4.78, 5) is 12.1. The van der Waals surface area contributed by atoms with Gasteiger partial charge in [-0.25, -0.2) is 0 Å². The number of carbonyl (C=O) groups excluding carboxylic acids is 1. The number of ketones is 1. The van der Waals surface area contributed by atoms with Crippen LogP contribution in [0.25, 0.3) is 0 Å². The minimum absolute atomic E-state index is 0.106. The lowest BCUT2D eigenvalue weighted by atomic mass is 9.44. The van der Waals surface area contributed by atoms with E-state index in [1.165, 1.54) is 38.5 Å². The quantitative estimate of drug-likeness (QED) is 0.529. The molecule has 172 valence electrons. The van der Waals surface area contributed by atoms with Gasteiger partial charge in [0.15, 0.2) is 0 Å². The molecule has 0 saturated heterocycles. The van der Waals surface area contributed by atoms with Gasteiger partial charge < -0.3 is 5.11 Å². The Balaban J connectivity index is 1.52. The molecule has 0 spiro atoms. The van der Waals surface area contributed by atoms with Crippen molar-refractivity contribution >= 4 is 5.78 Å². The van der Waals surface area contributed by atoms with Crippen molar-refractivity contribution in [1.82, 2.24) is 0 Å². The van der Waals surface area contributed by atoms with Gasteiger partial charge >= 0.3 is 0 Å². The number of rotatable bonds is 5. The standard InChI is InChI=1S/C28H48O2/c1-17(2)18(3)7-8-19(4)23-11-12-24-22-10-9-20-15-21(29)13-14-27(20,5)25(22)16-26(30)28(23,24)6/h17-20,22-26,30H,7-16H2,1-6H3/t18-,19+,20?,22-,23+,24-,25-,26?,27-,28+/m0/s1. The van der Waals surface area contributed by atoms with E-state index in [1.54, 1.807) is 0 Å². The van der Waals surface area contributed by atoms with Gasteiger partial charge in [0.05, 0.1) is 6.10 Å². The predicted octanol–water partition coefficient (Wildman–Crippen LogP) is 6.89. The Kier molecular flexibility index (Phi) is 6.23. The second-order valence-corrected chi connectivity index (χ2v) is 13.0. The van der Waals surface area contributed by atoms with Gasteiger partial charge in [0.2, 0.25) is 0 Å². The van der Waals surface area contributed by atoms with Crippen molar-refractivity contribution < 1.29 is 9.90 Å². The Labute approximate surface area is 186 Å². The SMILES string of the molecule is CC(C)[C@@H](C)CC[C@@H](C)[C@H]1CC[C@H]2[C@@H]3CCC4CC(=O)CC[C@]4(C)[C@H]3CC(O)[C@]12C. The van der Waals surface area contributed by atoms with Crippen molar-refractivity contribution in [2.24, 2.45) is 58.2 Å². The van der Waals surface area contributed by atoms with E-state index in [0.717, 1.165) is 43.4 Å². The zero-order chi connectivity index (χ0) is 21.8. The molecule has 0 aliphatic heterocycles. The maximum atomic E-state index is 12.1. The Morgan fingerprint density at radius 1 is 1.00 bits per heavy atom. The van der Waals surface area contributed by atoms with Crippen LogP contribution in [0.2, 0.25) is 0 Å². The first-order valence-electron chi connectivity index (χ1n) is 13.3. The minimum Gasteiger partial charge on any atom is -0.393 e. The molecule has 0 heterocycles. The monoisotopic (exact) mass is 416 g/mol. The summed E-state index contributed by atoms with van der Waals surface area (Å²) in [7, 11) is 0. The van der Waals surface area contributed by atoms with E-state index in [0.29, 0.717) is 35.4 Å². The van der Waals surface area contributed by atoms with E-state index in [-0.39, 0.29) is 16.9 Å². The van der Waals surface area contributed by atoms with Gasteiger partial charge in [-0.05, 0) is 96.7 Å². The summed E-state index contributed by atoms with van der Waals surface area (Å²) in [6.07, 6.45) is 11.3. The van der Waals surface area contributed by atoms with Crippen molar-refractivity contribution in [3.63, 3.8) is 0 Å². The van der Waals surface area contributed by atoms with Crippen molar-refractivity contribution in [1.29, 1.82) is 0 Å². The third kappa shape index (κ3) is 3.52. The van der Waals surface area contributed by atoms with Crippen LogP contribution in [0.3, 0.4) is 0 Å². The molecule has 2 unspecified atom stereocenters. The molecule has 0 amide bonds. The molecule has 0 aromatic carbocycles. The Morgan fingerprint density at radius 2 is 1.73 bits per heavy atom. The number of aliphatic hydroxyl groups is 1. The van der Waals surface area contributed by atoms with E-state index in [1.807, 2.05) is 0 Å². The van der Waals surface area contributed by atoms with Crippen LogP contribution in [-0.2, 0) is 4.79 Å². The first kappa shape index (κ1) is 22.8. The lowest BCUT2D eigenvalue weighted by Crippen LogP contribution is -2.58. The molecule has 0 aromatic rings. The van der Waals surface area contributed by atoms with Crippen molar-refractivity contribution in [2.75, 3.05) is 0 Å². The molecule has 1 N–H and O–H groups in total. The number of aliphatic hydroxyl groups excluding tert-OH is 1. The van der Waals surface area contributed by atoms with Crippen molar-refractivity contribution in [3.05, 3.63) is 0 Å². The van der Waals surface area contributed by atoms with Crippen LogP contribution in [0.15, 0.2) is 0 Å². The molecule has 2 nitrogen and oxygen atoms in total. The lowest BCUT2D eigenvalue weighted by Gasteiger charge is -2.62. The van der Waals surface area contributed by atoms with E-state index < -0.39 is 0 Å². The molecule has 4 saturated carbocycles. The van der Waals surface area contributed by atoms with Gasteiger partial charge in [0, 0.05) is 12.8 Å². The van der Waals surface area contributed by atoms with Crippen LogP contribution < -0.4 is 0 Å². The molecular formula is C28H48O2. The molecule has 4 aliphatic carbocycles. The van der Waals surface area contributed by atoms with Gasteiger partial charge in [0.25, 0.3) is 0 Å². The van der Waals surface area contributed by atoms with Crippen molar-refractivity contribution in [3.8, 4) is 0 Å². The molecule has 0 bridgehead atoms. The molecule has 0 aromatic heterocycles. The zero-order valence-corrected chi connectivity index (χ0v) is 20.6. The Bertz CT molecular complexity index is 641. The van der Waals surface area contributed by atoms with Crippen LogP contribution in [-0.4, -0.2) is 17.0 Å². The molecule has 30 heavy (non-hydrogen) atoms. The van der Waals surface area contributed by atoms with Gasteiger partial charge in [-0.1, -0.05) is 54.4 Å². The average molecular weight is 417 g/mol. The number of fused-ring (bicyclic) bond motifs is 5. The van der Waals surface area contributed by atoms with E-state index in [9.17, 15) is 9.90 Å². The second-order valence-electron chi connectivity index (χ2n) is 13.0. The Morgan fingerprint density at radius 3 is 2.43 bits per heavy atom. The third-order valence-electron chi connectivity index (χ3n) is 11.6. The number of hydrogen-bond donors (Lipinski definition) is 1. The summed E-state index contributed by atoms with van der Waals surface area (Å²) in [5.74, 6) is 6.12. The molecule has 4 rings (SSSR count). The molecule has 4 fully saturated rings. The van der Waals surface area contributed by atoms with Crippen LogP contribution in [0.4, 0.5) is 0 Å². The lowest BCUT2D eigenvalue weighted by molar-refractivity contribution is -0.170. The highest BCUT2D eigenvalue weighted by molar-refractivity contribution is 5.79. The third-order valence-corrected chi connectivity index (χ3v) is 11.6. The fraction of sp³-hybridized carbons (Fsp3) is 0.964. The number of Topliss-reactive ketones (excluding diaryl/α,β-unsaturated/α-hetero) is 1. The van der Waals surface area contributed by atoms with Crippen LogP contribution in [0, 0.1) is 58.2 Å². The summed E-state index contributed by atoms with van der Waals surface area (Å²) in [6.45, 7) is 14.5. The molecular weight excluding hydrogens is 368 g/mol. The highest BCUT2D eigenvalue weighted by Gasteiger charge is 2.63. The fourth-order valence-electron chi connectivity index (χ4n) is 9.03. The largest absolute Gasteiger partial charge is 0.393 e. The molecule has 0 radical (unpaired) electrons. The first-order valence-corrected chi connectivity index (χ1v) is 13.3. The second kappa shape index (κ2) is 8.20. The molecule has 2 heteroatoms. The number of carbonyl (C=O) groups is 1. The van der Waals surface area contributed by atoms with Crippen LogP contribution >= 0.6 is 0 Å². The maximum absolute atomic E-state index is 12.1. The van der Waals surface area contributed by atoms with E-state index >= 15 is 0 Å². The van der Waals surface area contributed by atoms with Gasteiger partial charge in [-0.2, -0.15) is 0 Å².